The molecule has 0 bridgehead atoms. The number of carboxylic acids is 8. The highest BCUT2D eigenvalue weighted by Gasteiger charge is 2.33. The summed E-state index contributed by atoms with van der Waals surface area (Å²) in [5, 5.41) is 89.3. The number of aryl methyl sites for hydroxylation is 4. The number of fused-ring (bicyclic) bond motifs is 1. The lowest BCUT2D eigenvalue weighted by Gasteiger charge is -2.20. The lowest BCUT2D eigenvalue weighted by Crippen LogP contribution is -2.43. The molecule has 0 spiro atoms. The van der Waals surface area contributed by atoms with Crippen LogP contribution in [-0.4, -0.2) is 198 Å². The van der Waals surface area contributed by atoms with E-state index in [1.54, 1.807) is 28.9 Å². The molecule has 5 aromatic carbocycles. The minimum atomic E-state index is -1.13. The van der Waals surface area contributed by atoms with E-state index in [0.29, 0.717) is 25.7 Å². The third-order valence-electron chi connectivity index (χ3n) is 22.2. The van der Waals surface area contributed by atoms with E-state index in [0.717, 1.165) is 70.4 Å². The Balaban J connectivity index is 0.000000286. The molecule has 7 amide bonds. The van der Waals surface area contributed by atoms with Crippen molar-refractivity contribution in [3.8, 4) is 38.0 Å². The number of carboxylic acid groups (broad SMARTS) is 8. The molecule has 0 unspecified atom stereocenters. The average Bonchev–Trinajstić information content (AvgIpc) is 1.67. The van der Waals surface area contributed by atoms with Crippen LogP contribution in [0.5, 0.6) is 0 Å². The molecule has 0 aliphatic carbocycles. The largest absolute Gasteiger partial charge is 0.481 e. The molecule has 0 fully saturated rings. The molecule has 0 radical (unpaired) electrons. The van der Waals surface area contributed by atoms with Crippen LogP contribution in [0.3, 0.4) is 0 Å². The number of thiophene rings is 1. The summed E-state index contributed by atoms with van der Waals surface area (Å²) in [7, 11) is 0. The van der Waals surface area contributed by atoms with Gasteiger partial charge in [-0.1, -0.05) is 97.1 Å². The number of carbonyl (C=O) groups excluding carboxylic acids is 12. The third-order valence-corrected chi connectivity index (χ3v) is 24.8. The van der Waals surface area contributed by atoms with Crippen molar-refractivity contribution >= 4 is 162 Å². The van der Waals surface area contributed by atoms with Gasteiger partial charge in [-0.05, 0) is 171 Å². The van der Waals surface area contributed by atoms with Crippen molar-refractivity contribution in [3.05, 3.63) is 197 Å². The van der Waals surface area contributed by atoms with Crippen molar-refractivity contribution in [2.75, 3.05) is 0 Å². The number of thiazole rings is 2. The Labute approximate surface area is 816 Å². The topological polar surface area (TPSA) is 660 Å². The summed E-state index contributed by atoms with van der Waals surface area (Å²) in [5.74, 6) is -19.4. The number of nitrogens with two attached hydrogens (primary N) is 3. The molecule has 0 saturated carbocycles. The van der Waals surface area contributed by atoms with Crippen molar-refractivity contribution in [1.29, 1.82) is 0 Å². The van der Waals surface area contributed by atoms with E-state index in [4.69, 9.17) is 58.1 Å². The maximum absolute atomic E-state index is 12.8. The Hall–Kier alpha value is -15.0. The fraction of sp³-hybridized carbons (Fsp3) is 0.374. The Kier molecular flexibility index (Phi) is 48.6. The number of benzene rings is 5. The van der Waals surface area contributed by atoms with Gasteiger partial charge in [0.25, 0.3) is 0 Å². The fourth-order valence-corrected chi connectivity index (χ4v) is 16.5. The smallest absolute Gasteiger partial charge is 0.303 e. The third kappa shape index (κ3) is 43.6. The number of hydrogen-bond donors (Lipinski definition) is 15. The van der Waals surface area contributed by atoms with Crippen LogP contribution >= 0.6 is 34.0 Å². The Morgan fingerprint density at radius 3 is 0.943 bits per heavy atom. The molecule has 140 heavy (non-hydrogen) atoms. The lowest BCUT2D eigenvalue weighted by atomic mass is 9.90. The van der Waals surface area contributed by atoms with E-state index < -0.39 is 160 Å². The monoisotopic (exact) mass is 1990 g/mol. The van der Waals surface area contributed by atoms with E-state index in [1.807, 2.05) is 173 Å². The first-order valence-electron chi connectivity index (χ1n) is 44.8. The molecule has 0 aliphatic rings. The number of aliphatic carboxylic acids is 8. The van der Waals surface area contributed by atoms with Gasteiger partial charge in [-0.3, -0.25) is 95.9 Å². The van der Waals surface area contributed by atoms with Crippen LogP contribution in [-0.2, 0) is 122 Å². The molecular weight excluding hydrogens is 1870 g/mol. The number of rotatable bonds is 60. The van der Waals surface area contributed by atoms with E-state index in [-0.39, 0.29) is 160 Å². The summed E-state index contributed by atoms with van der Waals surface area (Å²) < 4.78 is 3.05. The van der Waals surface area contributed by atoms with Crippen molar-refractivity contribution < 1.29 is 137 Å². The average molecular weight is 1990 g/mol. The molecule has 8 atom stereocenters. The molecule has 4 heterocycles. The Morgan fingerprint density at radius 2 is 0.643 bits per heavy atom. The number of para-hydroxylation sites is 1. The number of nitrogens with one attached hydrogen (secondary N) is 4. The molecule has 4 aromatic heterocycles. The molecule has 0 aliphatic heterocycles. The summed E-state index contributed by atoms with van der Waals surface area (Å²) in [6.45, 7) is 1.28. The highest BCUT2D eigenvalue weighted by Crippen LogP contribution is 2.32. The summed E-state index contributed by atoms with van der Waals surface area (Å²) in [6.07, 6.45) is 2.67. The number of carbonyl (C=O) groups is 20. The molecule has 0 saturated heterocycles. The predicted octanol–water partition coefficient (Wildman–Crippen LogP) is 10.6. The van der Waals surface area contributed by atoms with Gasteiger partial charge in [0.1, 0.15) is 15.8 Å². The summed E-state index contributed by atoms with van der Waals surface area (Å²) >= 11 is 4.73. The van der Waals surface area contributed by atoms with Crippen molar-refractivity contribution in [2.45, 2.75) is 211 Å². The van der Waals surface area contributed by atoms with Crippen LogP contribution in [0, 0.1) is 23.7 Å². The van der Waals surface area contributed by atoms with E-state index in [2.05, 4.69) is 31.2 Å². The number of ketones is 5. The number of Topliss-reactive ketones (excluding diaryl/α,β-unsaturated/α-hetero) is 5. The number of nitrogens with zero attached hydrogens (tertiary/aromatic N) is 3. The quantitative estimate of drug-likeness (QED) is 0.0168. The van der Waals surface area contributed by atoms with Gasteiger partial charge >= 0.3 is 47.8 Å². The second kappa shape index (κ2) is 59.9. The Bertz CT molecular complexity index is 5290. The van der Waals surface area contributed by atoms with Crippen LogP contribution in [0.15, 0.2) is 174 Å². The van der Waals surface area contributed by atoms with E-state index in [9.17, 15) is 95.9 Å². The second-order valence-corrected chi connectivity index (χ2v) is 35.6. The van der Waals surface area contributed by atoms with Gasteiger partial charge in [0, 0.05) is 167 Å². The first-order chi connectivity index (χ1) is 66.6. The zero-order valence-corrected chi connectivity index (χ0v) is 79.2. The van der Waals surface area contributed by atoms with Gasteiger partial charge in [0.15, 0.2) is 23.1 Å². The van der Waals surface area contributed by atoms with Crippen LogP contribution in [0.25, 0.3) is 48.2 Å². The number of primary amides is 3. The van der Waals surface area contributed by atoms with Gasteiger partial charge in [-0.15, -0.1) is 22.7 Å². The van der Waals surface area contributed by atoms with Gasteiger partial charge in [-0.25, -0.2) is 9.97 Å². The van der Waals surface area contributed by atoms with E-state index >= 15 is 0 Å². The van der Waals surface area contributed by atoms with Crippen molar-refractivity contribution in [2.24, 2.45) is 40.9 Å². The first-order valence-corrected chi connectivity index (χ1v) is 47.4. The standard InChI is InChI=1S/C28H30N2O7S.C24H29N3O7.C24H28N2O7S.C23H27N3O7S/c1-17(31)20(11-14-26(34)35)16-23(32)21(12-15-27(36)37)29-25(33)13-8-18-6-9-19(10-7-18)28-30-22-4-2-3-5-24(22)38-28;25-24(34)17(6-11-22(30)31)15-20(28)19(9-12-23(32)33)26-21(29)10-5-16-3-7-18(8-4-16)27-13-1-2-14-27;25-24(33)17(6-9-22(29)30)13-20(27)19(7-10-23(31)32)26-21(28)8-3-15-1-4-16(5-2-15)18-11-12-34-14-18;24-22(33)16(6-9-20(29)30)13-18(27)17(7-10-21(31)32)26-19(28)8-3-14-1-4-15(5-2-14)23-25-11-12-34-23/h2-7,9-10,20-21H,8,11-16H2,1H3,(H,29,33)(H,34,35)(H,36,37);1-4,7-8,13-14,17,19H,5-6,9-12,15H2,(H2,25,34)(H,26,29)(H,30,31)(H,32,33);1-2,4-5,11-12,14,17,19H,3,6-10,13H2,(H2,25,33)(H,26,28)(H,29,30)(H,31,32);1-2,4-5,11-12,16-17H,3,6-10,13H2,(H2,24,33)(H,26,28)(H,29,30)(H,31,32)/t20-,21+;2*17-,19+;16-,17+/m1111/s1. The van der Waals surface area contributed by atoms with Gasteiger partial charge in [0.2, 0.25) is 41.4 Å². The first kappa shape index (κ1) is 114. The van der Waals surface area contributed by atoms with Crippen LogP contribution in [0.4, 0.5) is 0 Å². The fourth-order valence-electron chi connectivity index (χ4n) is 14.3. The lowest BCUT2D eigenvalue weighted by molar-refractivity contribution is -0.139. The zero-order valence-electron chi connectivity index (χ0n) is 76.7. The van der Waals surface area contributed by atoms with Crippen LogP contribution in [0.2, 0.25) is 0 Å². The molecular formula is C99H114N10O28S3. The second-order valence-electron chi connectivity index (χ2n) is 32.9. The van der Waals surface area contributed by atoms with E-state index in [1.165, 1.54) is 18.3 Å². The predicted molar refractivity (Wildman–Crippen MR) is 515 cm³/mol. The summed E-state index contributed by atoms with van der Waals surface area (Å²) in [5.41, 5.74) is 25.6. The zero-order chi connectivity index (χ0) is 103. The van der Waals surface area contributed by atoms with Crippen LogP contribution in [0.1, 0.15) is 183 Å². The summed E-state index contributed by atoms with van der Waals surface area (Å²) in [6, 6.07) is 40.1. The molecule has 9 aromatic rings. The molecule has 18 N–H and O–H groups in total. The normalized spacial score (nSPS) is 12.5. The number of aromatic nitrogens is 3. The molecule has 746 valence electrons. The maximum atomic E-state index is 12.8. The Morgan fingerprint density at radius 1 is 0.336 bits per heavy atom. The molecule has 41 heteroatoms. The molecule has 38 nitrogen and oxygen atoms in total. The van der Waals surface area contributed by atoms with Crippen LogP contribution < -0.4 is 38.5 Å². The van der Waals surface area contributed by atoms with Gasteiger partial charge in [0.05, 0.1) is 34.4 Å². The SMILES string of the molecule is CC(=O)[C@H](CCC(=O)O)CC(=O)[C@H](CCC(=O)O)NC(=O)CCc1ccc(-c2nc3ccccc3s2)cc1.NC(=O)[C@H](CCC(=O)O)CC(=O)[C@H](CCC(=O)O)NC(=O)CCc1ccc(-c2ccsc2)cc1.NC(=O)[C@H](CCC(=O)O)CC(=O)[C@H](CCC(=O)O)NC(=O)CCc1ccc(-c2nccs2)cc1.NC(=O)[C@H](CCC(=O)O)CC(=O)[C@H](CCC(=O)O)NC(=O)CCc1ccc(-n2cccc2)cc1. The number of hydrogen-bond acceptors (Lipinski definition) is 25. The van der Waals surface area contributed by atoms with Gasteiger partial charge < -0.3 is 83.9 Å². The highest BCUT2D eigenvalue weighted by molar-refractivity contribution is 7.21. The highest BCUT2D eigenvalue weighted by atomic mass is 32.1. The minimum Gasteiger partial charge on any atom is -0.481 e. The maximum Gasteiger partial charge on any atom is 0.303 e. The van der Waals surface area contributed by atoms with Gasteiger partial charge in [-0.2, -0.15) is 11.3 Å². The molecule has 9 rings (SSSR count). The van der Waals surface area contributed by atoms with Crippen molar-refractivity contribution in [3.63, 3.8) is 0 Å². The summed E-state index contributed by atoms with van der Waals surface area (Å²) in [4.78, 5) is 244. The van der Waals surface area contributed by atoms with Crippen molar-refractivity contribution in [1.82, 2.24) is 35.8 Å². The minimum absolute atomic E-state index is 0.00299. The number of amides is 7.